The first kappa shape index (κ1) is 22.7. The standard InChI is InChI=1S/C23H28Cl2N2O3/c1-29-21-9-8-16(13-22(21)30-2)10-11-26-23(28)17-5-4-12-27(14-17)15-18-19(24)6-3-7-20(18)25/h3,6-9,13,17H,4-5,10-12,14-15H2,1-2H3,(H,26,28)/t17-/m1/s1. The topological polar surface area (TPSA) is 50.8 Å². The molecule has 5 nitrogen and oxygen atoms in total. The van der Waals surface area contributed by atoms with Gasteiger partial charge in [-0.2, -0.15) is 0 Å². The second kappa shape index (κ2) is 10.9. The smallest absolute Gasteiger partial charge is 0.224 e. The van der Waals surface area contributed by atoms with Gasteiger partial charge >= 0.3 is 0 Å². The molecular formula is C23H28Cl2N2O3. The SMILES string of the molecule is COc1ccc(CCNC(=O)[C@@H]2CCCN(Cc3c(Cl)cccc3Cl)C2)cc1OC. The van der Waals surface area contributed by atoms with Crippen LogP contribution in [0.5, 0.6) is 11.5 Å². The van der Waals surface area contributed by atoms with Crippen molar-refractivity contribution in [3.63, 3.8) is 0 Å². The van der Waals surface area contributed by atoms with Gasteiger partial charge in [-0.3, -0.25) is 9.69 Å². The molecule has 2 aromatic rings. The summed E-state index contributed by atoms with van der Waals surface area (Å²) in [7, 11) is 3.24. The molecule has 0 spiro atoms. The number of piperidine rings is 1. The van der Waals surface area contributed by atoms with Gasteiger partial charge in [-0.15, -0.1) is 0 Å². The third-order valence-electron chi connectivity index (χ3n) is 5.48. The first-order valence-corrected chi connectivity index (χ1v) is 10.9. The summed E-state index contributed by atoms with van der Waals surface area (Å²) in [6.07, 6.45) is 2.61. The molecule has 0 radical (unpaired) electrons. The number of hydrogen-bond donors (Lipinski definition) is 1. The van der Waals surface area contributed by atoms with Crippen molar-refractivity contribution >= 4 is 29.1 Å². The number of carbonyl (C=O) groups excluding carboxylic acids is 1. The second-order valence-corrected chi connectivity index (χ2v) is 8.32. The molecule has 1 atom stereocenters. The molecule has 3 rings (SSSR count). The van der Waals surface area contributed by atoms with Crippen LogP contribution in [0.15, 0.2) is 36.4 Å². The van der Waals surface area contributed by atoms with Gasteiger partial charge < -0.3 is 14.8 Å². The number of benzene rings is 2. The van der Waals surface area contributed by atoms with Crippen molar-refractivity contribution in [2.75, 3.05) is 33.9 Å². The van der Waals surface area contributed by atoms with E-state index in [4.69, 9.17) is 32.7 Å². The summed E-state index contributed by atoms with van der Waals surface area (Å²) in [5, 5.41) is 4.43. The van der Waals surface area contributed by atoms with Gasteiger partial charge in [-0.25, -0.2) is 0 Å². The number of rotatable bonds is 8. The maximum absolute atomic E-state index is 12.7. The Morgan fingerprint density at radius 2 is 1.87 bits per heavy atom. The molecule has 30 heavy (non-hydrogen) atoms. The lowest BCUT2D eigenvalue weighted by molar-refractivity contribution is -0.126. The fraction of sp³-hybridized carbons (Fsp3) is 0.435. The summed E-state index contributed by atoms with van der Waals surface area (Å²) in [4.78, 5) is 15.0. The van der Waals surface area contributed by atoms with Crippen molar-refractivity contribution in [2.45, 2.75) is 25.8 Å². The Morgan fingerprint density at radius 1 is 1.13 bits per heavy atom. The van der Waals surface area contributed by atoms with E-state index in [0.717, 1.165) is 36.9 Å². The number of nitrogens with zero attached hydrogens (tertiary/aromatic N) is 1. The highest BCUT2D eigenvalue weighted by Gasteiger charge is 2.26. The maximum Gasteiger partial charge on any atom is 0.224 e. The molecule has 7 heteroatoms. The van der Waals surface area contributed by atoms with E-state index in [-0.39, 0.29) is 11.8 Å². The second-order valence-electron chi connectivity index (χ2n) is 7.50. The van der Waals surface area contributed by atoms with Crippen LogP contribution < -0.4 is 14.8 Å². The van der Waals surface area contributed by atoms with Gasteiger partial charge in [0.25, 0.3) is 0 Å². The van der Waals surface area contributed by atoms with E-state index in [1.807, 2.05) is 36.4 Å². The Kier molecular flexibility index (Phi) is 8.25. The molecule has 0 unspecified atom stereocenters. The van der Waals surface area contributed by atoms with Gasteiger partial charge in [0, 0.05) is 35.2 Å². The Morgan fingerprint density at radius 3 is 2.57 bits per heavy atom. The fourth-order valence-corrected chi connectivity index (χ4v) is 4.35. The normalized spacial score (nSPS) is 16.9. The van der Waals surface area contributed by atoms with Gasteiger partial charge in [-0.1, -0.05) is 35.3 Å². The molecule has 0 saturated carbocycles. The highest BCUT2D eigenvalue weighted by Crippen LogP contribution is 2.29. The zero-order valence-electron chi connectivity index (χ0n) is 17.4. The van der Waals surface area contributed by atoms with Gasteiger partial charge in [0.15, 0.2) is 11.5 Å². The highest BCUT2D eigenvalue weighted by molar-refractivity contribution is 6.35. The number of likely N-dealkylation sites (tertiary alicyclic amines) is 1. The third-order valence-corrected chi connectivity index (χ3v) is 6.19. The number of ether oxygens (including phenoxy) is 2. The van der Waals surface area contributed by atoms with Crippen LogP contribution in [-0.2, 0) is 17.8 Å². The van der Waals surface area contributed by atoms with Gasteiger partial charge in [0.1, 0.15) is 0 Å². The molecule has 0 aliphatic carbocycles. The minimum absolute atomic E-state index is 0.0228. The third kappa shape index (κ3) is 5.81. The molecule has 1 heterocycles. The number of methoxy groups -OCH3 is 2. The largest absolute Gasteiger partial charge is 0.493 e. The number of nitrogens with one attached hydrogen (secondary N) is 1. The molecule has 1 aliphatic rings. The van der Waals surface area contributed by atoms with Gasteiger partial charge in [-0.05, 0) is 55.6 Å². The van der Waals surface area contributed by atoms with Crippen LogP contribution in [0, 0.1) is 5.92 Å². The Bertz CT molecular complexity index is 855. The highest BCUT2D eigenvalue weighted by atomic mass is 35.5. The molecule has 0 aromatic heterocycles. The van der Waals surface area contributed by atoms with Gasteiger partial charge in [0.2, 0.25) is 5.91 Å². The summed E-state index contributed by atoms with van der Waals surface area (Å²) in [6, 6.07) is 11.4. The molecule has 1 amide bonds. The Hall–Kier alpha value is -1.95. The summed E-state index contributed by atoms with van der Waals surface area (Å²) in [6.45, 7) is 2.90. The lowest BCUT2D eigenvalue weighted by atomic mass is 9.96. The van der Waals surface area contributed by atoms with Gasteiger partial charge in [0.05, 0.1) is 20.1 Å². The summed E-state index contributed by atoms with van der Waals surface area (Å²) >= 11 is 12.6. The minimum Gasteiger partial charge on any atom is -0.493 e. The summed E-state index contributed by atoms with van der Waals surface area (Å²) in [5.41, 5.74) is 2.02. The predicted octanol–water partition coefficient (Wildman–Crippen LogP) is 4.58. The number of halogens is 2. The zero-order chi connectivity index (χ0) is 21.5. The molecule has 2 aromatic carbocycles. The van der Waals surface area contributed by atoms with Crippen molar-refractivity contribution in [3.05, 3.63) is 57.6 Å². The average molecular weight is 451 g/mol. The van der Waals surface area contributed by atoms with E-state index in [2.05, 4.69) is 10.2 Å². The van der Waals surface area contributed by atoms with Crippen LogP contribution in [0.2, 0.25) is 10.0 Å². The monoisotopic (exact) mass is 450 g/mol. The molecule has 1 fully saturated rings. The van der Waals surface area contributed by atoms with Crippen LogP contribution in [0.25, 0.3) is 0 Å². The van der Waals surface area contributed by atoms with Crippen molar-refractivity contribution in [1.29, 1.82) is 0 Å². The summed E-state index contributed by atoms with van der Waals surface area (Å²) in [5.74, 6) is 1.48. The summed E-state index contributed by atoms with van der Waals surface area (Å²) < 4.78 is 10.6. The van der Waals surface area contributed by atoms with Crippen LogP contribution in [0.3, 0.4) is 0 Å². The first-order chi connectivity index (χ1) is 14.5. The molecule has 1 N–H and O–H groups in total. The molecule has 1 aliphatic heterocycles. The van der Waals surface area contributed by atoms with E-state index in [0.29, 0.717) is 41.2 Å². The number of amides is 1. The van der Waals surface area contributed by atoms with Crippen molar-refractivity contribution < 1.29 is 14.3 Å². The van der Waals surface area contributed by atoms with Crippen molar-refractivity contribution in [3.8, 4) is 11.5 Å². The van der Waals surface area contributed by atoms with Crippen LogP contribution in [0.1, 0.15) is 24.0 Å². The minimum atomic E-state index is -0.0228. The van der Waals surface area contributed by atoms with Crippen molar-refractivity contribution in [2.24, 2.45) is 5.92 Å². The zero-order valence-corrected chi connectivity index (χ0v) is 18.9. The molecule has 162 valence electrons. The van der Waals surface area contributed by atoms with Crippen LogP contribution in [-0.4, -0.2) is 44.7 Å². The quantitative estimate of drug-likeness (QED) is 0.639. The van der Waals surface area contributed by atoms with E-state index < -0.39 is 0 Å². The Balaban J connectivity index is 1.51. The average Bonchev–Trinajstić information content (AvgIpc) is 2.76. The Labute approximate surface area is 188 Å². The lowest BCUT2D eigenvalue weighted by Crippen LogP contribution is -2.43. The predicted molar refractivity (Wildman–Crippen MR) is 121 cm³/mol. The molecule has 1 saturated heterocycles. The first-order valence-electron chi connectivity index (χ1n) is 10.2. The molecule has 0 bridgehead atoms. The maximum atomic E-state index is 12.7. The van der Waals surface area contributed by atoms with E-state index in [1.54, 1.807) is 14.2 Å². The lowest BCUT2D eigenvalue weighted by Gasteiger charge is -2.32. The van der Waals surface area contributed by atoms with Crippen LogP contribution in [0.4, 0.5) is 0 Å². The van der Waals surface area contributed by atoms with E-state index >= 15 is 0 Å². The number of carbonyl (C=O) groups is 1. The number of hydrogen-bond acceptors (Lipinski definition) is 4. The van der Waals surface area contributed by atoms with E-state index in [9.17, 15) is 4.79 Å². The van der Waals surface area contributed by atoms with Crippen LogP contribution >= 0.6 is 23.2 Å². The molecular weight excluding hydrogens is 423 g/mol. The van der Waals surface area contributed by atoms with Crippen molar-refractivity contribution in [1.82, 2.24) is 10.2 Å². The van der Waals surface area contributed by atoms with E-state index in [1.165, 1.54) is 0 Å². The fourth-order valence-electron chi connectivity index (χ4n) is 3.83.